The number of hydrogen-bond donors (Lipinski definition) is 3. The Morgan fingerprint density at radius 2 is 0.971 bits per heavy atom. The number of benzene rings is 4. The van der Waals surface area contributed by atoms with Crippen LogP contribution in [-0.2, 0) is 25.0 Å². The van der Waals surface area contributed by atoms with Gasteiger partial charge in [-0.05, 0) is 44.5 Å². The van der Waals surface area contributed by atoms with Gasteiger partial charge in [-0.2, -0.15) is 0 Å². The van der Waals surface area contributed by atoms with E-state index in [1.165, 1.54) is 33.7 Å². The third-order valence-electron chi connectivity index (χ3n) is 6.87. The highest BCUT2D eigenvalue weighted by atomic mass is 14.5. The van der Waals surface area contributed by atoms with Crippen LogP contribution in [-0.4, -0.2) is 0 Å². The molecule has 0 saturated carbocycles. The minimum atomic E-state index is -0.565. The molecule has 3 heteroatoms. The predicted molar refractivity (Wildman–Crippen MR) is 141 cm³/mol. The average molecular weight is 445 g/mol. The molecule has 0 fully saturated rings. The van der Waals surface area contributed by atoms with Crippen LogP contribution in [0.2, 0.25) is 0 Å². The van der Waals surface area contributed by atoms with Gasteiger partial charge in [-0.1, -0.05) is 109 Å². The first-order chi connectivity index (χ1) is 16.7. The first-order valence-electron chi connectivity index (χ1n) is 11.7. The zero-order valence-electron chi connectivity index (χ0n) is 19.2. The second kappa shape index (κ2) is 9.40. The summed E-state index contributed by atoms with van der Waals surface area (Å²) in [5.41, 5.74) is 27.0. The Kier molecular flexibility index (Phi) is 6.16. The Hall–Kier alpha value is -3.50. The second-order valence-electron chi connectivity index (χ2n) is 8.80. The number of hydrogen-bond acceptors (Lipinski definition) is 3. The molecule has 4 aromatic carbocycles. The summed E-state index contributed by atoms with van der Waals surface area (Å²) >= 11 is 0. The molecule has 0 aliphatic heterocycles. The number of rotatable bonds is 7. The Balaban J connectivity index is 1.91. The molecule has 0 amide bonds. The quantitative estimate of drug-likeness (QED) is 0.349. The van der Waals surface area contributed by atoms with Gasteiger partial charge in [0.25, 0.3) is 0 Å². The summed E-state index contributed by atoms with van der Waals surface area (Å²) in [6.45, 7) is 1.45. The average Bonchev–Trinajstić information content (AvgIpc) is 3.34. The van der Waals surface area contributed by atoms with Crippen molar-refractivity contribution in [3.63, 3.8) is 0 Å². The SMILES string of the molecule is NCc1cccc(C([C]2C=Cc3ccccc32)(c2cccc(CN)c2)c2cccc(CN)c2)c1. The molecule has 5 rings (SSSR count). The summed E-state index contributed by atoms with van der Waals surface area (Å²) in [5, 5.41) is 0. The van der Waals surface area contributed by atoms with E-state index >= 15 is 0 Å². The molecule has 0 bridgehead atoms. The second-order valence-corrected chi connectivity index (χ2v) is 8.80. The summed E-state index contributed by atoms with van der Waals surface area (Å²) in [4.78, 5) is 0. The van der Waals surface area contributed by atoms with Gasteiger partial charge in [-0.15, -0.1) is 0 Å². The van der Waals surface area contributed by atoms with Crippen molar-refractivity contribution in [3.8, 4) is 0 Å². The highest BCUT2D eigenvalue weighted by molar-refractivity contribution is 5.76. The van der Waals surface area contributed by atoms with Gasteiger partial charge in [0.1, 0.15) is 0 Å². The van der Waals surface area contributed by atoms with Crippen LogP contribution >= 0.6 is 0 Å². The van der Waals surface area contributed by atoms with Gasteiger partial charge >= 0.3 is 0 Å². The summed E-state index contributed by atoms with van der Waals surface area (Å²) in [6, 6.07) is 34.5. The van der Waals surface area contributed by atoms with Gasteiger partial charge in [-0.25, -0.2) is 0 Å². The molecule has 169 valence electrons. The molecule has 0 spiro atoms. The zero-order chi connectivity index (χ0) is 23.5. The maximum Gasteiger partial charge on any atom is 0.0595 e. The Morgan fingerprint density at radius 3 is 1.44 bits per heavy atom. The fourth-order valence-electron chi connectivity index (χ4n) is 5.24. The van der Waals surface area contributed by atoms with Crippen LogP contribution in [0.4, 0.5) is 0 Å². The minimum Gasteiger partial charge on any atom is -0.326 e. The lowest BCUT2D eigenvalue weighted by molar-refractivity contribution is 0.679. The van der Waals surface area contributed by atoms with Crippen molar-refractivity contribution in [1.29, 1.82) is 0 Å². The molecular weight excluding hydrogens is 414 g/mol. The molecule has 0 aromatic heterocycles. The van der Waals surface area contributed by atoms with Gasteiger partial charge in [0.05, 0.1) is 5.41 Å². The Bertz CT molecular complexity index is 1220. The fourth-order valence-corrected chi connectivity index (χ4v) is 5.24. The highest BCUT2D eigenvalue weighted by Crippen LogP contribution is 2.53. The lowest BCUT2D eigenvalue weighted by Crippen LogP contribution is -2.36. The Labute approximate surface area is 201 Å². The molecule has 0 unspecified atom stereocenters. The summed E-state index contributed by atoms with van der Waals surface area (Å²) in [5.74, 6) is 1.24. The van der Waals surface area contributed by atoms with E-state index in [0.717, 1.165) is 16.7 Å². The van der Waals surface area contributed by atoms with E-state index in [-0.39, 0.29) is 0 Å². The third-order valence-corrected chi connectivity index (χ3v) is 6.87. The van der Waals surface area contributed by atoms with E-state index in [9.17, 15) is 0 Å². The number of nitrogens with two attached hydrogens (primary N) is 3. The summed E-state index contributed by atoms with van der Waals surface area (Å²) in [7, 11) is 0. The van der Waals surface area contributed by atoms with Crippen molar-refractivity contribution in [1.82, 2.24) is 0 Å². The molecule has 3 nitrogen and oxygen atoms in total. The fraction of sp³-hybridized carbons (Fsp3) is 0.129. The van der Waals surface area contributed by atoms with Crippen LogP contribution in [0, 0.1) is 5.92 Å². The van der Waals surface area contributed by atoms with Gasteiger partial charge in [0.15, 0.2) is 0 Å². The molecule has 6 N–H and O–H groups in total. The van der Waals surface area contributed by atoms with E-state index in [1.54, 1.807) is 0 Å². The van der Waals surface area contributed by atoms with E-state index in [1.807, 2.05) is 0 Å². The van der Waals surface area contributed by atoms with Crippen LogP contribution in [0.3, 0.4) is 0 Å². The maximum atomic E-state index is 6.11. The van der Waals surface area contributed by atoms with Crippen molar-refractivity contribution in [2.24, 2.45) is 17.2 Å². The lowest BCUT2D eigenvalue weighted by Gasteiger charge is -2.41. The monoisotopic (exact) mass is 444 g/mol. The molecule has 0 atom stereocenters. The van der Waals surface area contributed by atoms with Crippen molar-refractivity contribution < 1.29 is 0 Å². The molecule has 1 radical (unpaired) electrons. The van der Waals surface area contributed by atoms with Crippen LogP contribution in [0.1, 0.15) is 44.5 Å². The highest BCUT2D eigenvalue weighted by Gasteiger charge is 2.46. The normalized spacial score (nSPS) is 13.3. The van der Waals surface area contributed by atoms with E-state index < -0.39 is 5.41 Å². The largest absolute Gasteiger partial charge is 0.326 e. The van der Waals surface area contributed by atoms with Crippen LogP contribution in [0.25, 0.3) is 6.08 Å². The molecule has 34 heavy (non-hydrogen) atoms. The van der Waals surface area contributed by atoms with Gasteiger partial charge in [-0.3, -0.25) is 0 Å². The molecule has 4 aromatic rings. The van der Waals surface area contributed by atoms with Crippen molar-refractivity contribution in [2.75, 3.05) is 0 Å². The Morgan fingerprint density at radius 1 is 0.500 bits per heavy atom. The first-order valence-corrected chi connectivity index (χ1v) is 11.7. The molecule has 1 aliphatic carbocycles. The molecule has 0 saturated heterocycles. The predicted octanol–water partition coefficient (Wildman–Crippen LogP) is 5.05. The minimum absolute atomic E-state index is 0.483. The van der Waals surface area contributed by atoms with Crippen molar-refractivity contribution in [3.05, 3.63) is 154 Å². The van der Waals surface area contributed by atoms with Gasteiger partial charge in [0.2, 0.25) is 0 Å². The smallest absolute Gasteiger partial charge is 0.0595 e. The van der Waals surface area contributed by atoms with E-state index in [2.05, 4.69) is 109 Å². The maximum absolute atomic E-state index is 6.11. The molecular formula is C31H30N3. The van der Waals surface area contributed by atoms with Crippen LogP contribution in [0.5, 0.6) is 0 Å². The zero-order valence-corrected chi connectivity index (χ0v) is 19.2. The summed E-state index contributed by atoms with van der Waals surface area (Å²) in [6.07, 6.45) is 4.48. The number of fused-ring (bicyclic) bond motifs is 1. The van der Waals surface area contributed by atoms with E-state index in [4.69, 9.17) is 17.2 Å². The summed E-state index contributed by atoms with van der Waals surface area (Å²) < 4.78 is 0. The topological polar surface area (TPSA) is 78.1 Å². The van der Waals surface area contributed by atoms with E-state index in [0.29, 0.717) is 19.6 Å². The van der Waals surface area contributed by atoms with Crippen LogP contribution < -0.4 is 17.2 Å². The third kappa shape index (κ3) is 3.68. The van der Waals surface area contributed by atoms with Gasteiger partial charge in [0, 0.05) is 25.6 Å². The lowest BCUT2D eigenvalue weighted by atomic mass is 9.60. The van der Waals surface area contributed by atoms with Crippen LogP contribution in [0.15, 0.2) is 103 Å². The van der Waals surface area contributed by atoms with Gasteiger partial charge < -0.3 is 17.2 Å². The number of allylic oxidation sites excluding steroid dienone is 1. The van der Waals surface area contributed by atoms with Crippen molar-refractivity contribution in [2.45, 2.75) is 25.0 Å². The van der Waals surface area contributed by atoms with Crippen molar-refractivity contribution >= 4 is 6.08 Å². The molecule has 0 heterocycles. The first kappa shape index (κ1) is 22.3. The standard InChI is InChI=1S/C31H30N3/c32-19-22-6-3-10-26(16-22)31(27-11-4-7-23(17-27)20-33,28-12-5-8-24(18-28)21-34)30-15-14-25-9-1-2-13-29(25)30/h1-18H,19-21,32-34H2. The molecule has 1 aliphatic rings.